The lowest BCUT2D eigenvalue weighted by molar-refractivity contribution is 0.00966. The molecule has 0 atom stereocenters. The van der Waals surface area contributed by atoms with Gasteiger partial charge in [-0.2, -0.15) is 0 Å². The highest BCUT2D eigenvalue weighted by molar-refractivity contribution is 5.26. The molecular formula is C15H23F2NO. The summed E-state index contributed by atoms with van der Waals surface area (Å²) in [4.78, 5) is 0. The summed E-state index contributed by atoms with van der Waals surface area (Å²) >= 11 is 0. The fraction of sp³-hybridized carbons (Fsp3) is 0.600. The summed E-state index contributed by atoms with van der Waals surface area (Å²) in [6.07, 6.45) is -1.51. The lowest BCUT2D eigenvalue weighted by Crippen LogP contribution is -2.22. The van der Waals surface area contributed by atoms with E-state index < -0.39 is 13.0 Å². The van der Waals surface area contributed by atoms with E-state index in [1.807, 2.05) is 24.3 Å². The maximum absolute atomic E-state index is 12.0. The monoisotopic (exact) mass is 271 g/mol. The van der Waals surface area contributed by atoms with Crippen molar-refractivity contribution in [2.45, 2.75) is 33.3 Å². The zero-order chi connectivity index (χ0) is 14.1. The molecule has 0 saturated heterocycles. The van der Waals surface area contributed by atoms with E-state index in [9.17, 15) is 8.78 Å². The summed E-state index contributed by atoms with van der Waals surface area (Å²) in [5.74, 6) is 0.629. The molecule has 1 N–H and O–H groups in total. The highest BCUT2D eigenvalue weighted by Crippen LogP contribution is 2.11. The van der Waals surface area contributed by atoms with Crippen LogP contribution in [-0.4, -0.2) is 26.1 Å². The minimum absolute atomic E-state index is 0.255. The normalized spacial score (nSPS) is 11.5. The SMILES string of the molecule is CC(C)CNCCc1ccccc1COCC(F)F. The van der Waals surface area contributed by atoms with Gasteiger partial charge in [-0.25, -0.2) is 8.78 Å². The second kappa shape index (κ2) is 8.99. The van der Waals surface area contributed by atoms with Crippen molar-refractivity contribution in [3.05, 3.63) is 35.4 Å². The largest absolute Gasteiger partial charge is 0.371 e. The summed E-state index contributed by atoms with van der Waals surface area (Å²) in [6, 6.07) is 7.84. The zero-order valence-corrected chi connectivity index (χ0v) is 11.7. The van der Waals surface area contributed by atoms with Crippen LogP contribution in [0.2, 0.25) is 0 Å². The van der Waals surface area contributed by atoms with Gasteiger partial charge in [-0.3, -0.25) is 0 Å². The van der Waals surface area contributed by atoms with Crippen molar-refractivity contribution in [2.24, 2.45) is 5.92 Å². The van der Waals surface area contributed by atoms with Crippen molar-refractivity contribution < 1.29 is 13.5 Å². The van der Waals surface area contributed by atoms with Crippen LogP contribution < -0.4 is 5.32 Å². The molecule has 0 unspecified atom stereocenters. The minimum Gasteiger partial charge on any atom is -0.371 e. The van der Waals surface area contributed by atoms with Crippen LogP contribution >= 0.6 is 0 Å². The van der Waals surface area contributed by atoms with Crippen LogP contribution in [0.4, 0.5) is 8.78 Å². The van der Waals surface area contributed by atoms with E-state index in [0.29, 0.717) is 5.92 Å². The van der Waals surface area contributed by atoms with Crippen molar-refractivity contribution in [1.82, 2.24) is 5.32 Å². The van der Waals surface area contributed by atoms with Crippen LogP contribution in [0, 0.1) is 5.92 Å². The maximum atomic E-state index is 12.0. The molecule has 0 radical (unpaired) electrons. The molecule has 19 heavy (non-hydrogen) atoms. The molecular weight excluding hydrogens is 248 g/mol. The second-order valence-electron chi connectivity index (χ2n) is 5.02. The lowest BCUT2D eigenvalue weighted by Gasteiger charge is -2.11. The third kappa shape index (κ3) is 7.23. The zero-order valence-electron chi connectivity index (χ0n) is 11.7. The second-order valence-corrected chi connectivity index (χ2v) is 5.02. The molecule has 0 saturated carbocycles. The van der Waals surface area contributed by atoms with Crippen molar-refractivity contribution >= 4 is 0 Å². The Labute approximate surface area is 114 Å². The summed E-state index contributed by atoms with van der Waals surface area (Å²) in [5.41, 5.74) is 2.16. The Morgan fingerprint density at radius 3 is 2.47 bits per heavy atom. The Morgan fingerprint density at radius 2 is 1.84 bits per heavy atom. The molecule has 0 heterocycles. The highest BCUT2D eigenvalue weighted by Gasteiger charge is 2.05. The standard InChI is InChI=1S/C15H23F2NO/c1-12(2)9-18-8-7-13-5-3-4-6-14(13)10-19-11-15(16)17/h3-6,12,15,18H,7-11H2,1-2H3. The molecule has 108 valence electrons. The van der Waals surface area contributed by atoms with E-state index in [-0.39, 0.29) is 6.61 Å². The molecule has 1 aromatic rings. The van der Waals surface area contributed by atoms with Crippen LogP contribution in [0.25, 0.3) is 0 Å². The van der Waals surface area contributed by atoms with Crippen LogP contribution in [-0.2, 0) is 17.8 Å². The molecule has 0 aliphatic rings. The lowest BCUT2D eigenvalue weighted by atomic mass is 10.1. The highest BCUT2D eigenvalue weighted by atomic mass is 19.3. The van der Waals surface area contributed by atoms with Gasteiger partial charge in [-0.15, -0.1) is 0 Å². The molecule has 0 spiro atoms. The first kappa shape index (κ1) is 16.1. The van der Waals surface area contributed by atoms with Gasteiger partial charge in [0, 0.05) is 0 Å². The minimum atomic E-state index is -2.40. The number of benzene rings is 1. The Hall–Kier alpha value is -1.00. The Morgan fingerprint density at radius 1 is 1.16 bits per heavy atom. The summed E-state index contributed by atoms with van der Waals surface area (Å²) in [7, 11) is 0. The molecule has 2 nitrogen and oxygen atoms in total. The van der Waals surface area contributed by atoms with E-state index in [4.69, 9.17) is 4.74 Å². The average Bonchev–Trinajstić information content (AvgIpc) is 2.35. The van der Waals surface area contributed by atoms with Gasteiger partial charge in [0.2, 0.25) is 0 Å². The Balaban J connectivity index is 2.39. The Bertz CT molecular complexity index is 356. The van der Waals surface area contributed by atoms with Crippen molar-refractivity contribution in [2.75, 3.05) is 19.7 Å². The van der Waals surface area contributed by atoms with Gasteiger partial charge in [0.15, 0.2) is 0 Å². The number of halogens is 2. The molecule has 0 aliphatic heterocycles. The van der Waals surface area contributed by atoms with E-state index >= 15 is 0 Å². The average molecular weight is 271 g/mol. The van der Waals surface area contributed by atoms with Crippen LogP contribution in [0.15, 0.2) is 24.3 Å². The number of hydrogen-bond donors (Lipinski definition) is 1. The molecule has 0 fully saturated rings. The first-order valence-electron chi connectivity index (χ1n) is 6.73. The summed E-state index contributed by atoms with van der Waals surface area (Å²) in [5, 5.41) is 3.37. The fourth-order valence-corrected chi connectivity index (χ4v) is 1.81. The van der Waals surface area contributed by atoms with Crippen LogP contribution in [0.3, 0.4) is 0 Å². The molecule has 0 aromatic heterocycles. The van der Waals surface area contributed by atoms with E-state index in [1.54, 1.807) is 0 Å². The van der Waals surface area contributed by atoms with Gasteiger partial charge in [0.25, 0.3) is 6.43 Å². The van der Waals surface area contributed by atoms with Gasteiger partial charge in [-0.05, 0) is 36.6 Å². The first-order valence-corrected chi connectivity index (χ1v) is 6.73. The first-order chi connectivity index (χ1) is 9.09. The topological polar surface area (TPSA) is 21.3 Å². The van der Waals surface area contributed by atoms with Gasteiger partial charge in [-0.1, -0.05) is 38.1 Å². The van der Waals surface area contributed by atoms with Gasteiger partial charge >= 0.3 is 0 Å². The number of rotatable bonds is 9. The predicted octanol–water partition coefficient (Wildman–Crippen LogP) is 3.26. The van der Waals surface area contributed by atoms with Gasteiger partial charge < -0.3 is 10.1 Å². The third-order valence-corrected chi connectivity index (χ3v) is 2.74. The van der Waals surface area contributed by atoms with E-state index in [1.165, 1.54) is 0 Å². The van der Waals surface area contributed by atoms with Crippen LogP contribution in [0.5, 0.6) is 0 Å². The number of nitrogens with one attached hydrogen (secondary N) is 1. The summed E-state index contributed by atoms with van der Waals surface area (Å²) < 4.78 is 29.1. The van der Waals surface area contributed by atoms with E-state index in [2.05, 4.69) is 19.2 Å². The molecule has 0 bridgehead atoms. The summed E-state index contributed by atoms with van der Waals surface area (Å²) in [6.45, 7) is 5.97. The van der Waals surface area contributed by atoms with Crippen molar-refractivity contribution in [3.63, 3.8) is 0 Å². The molecule has 4 heteroatoms. The van der Waals surface area contributed by atoms with Crippen molar-refractivity contribution in [3.8, 4) is 0 Å². The Kier molecular flexibility index (Phi) is 7.60. The number of alkyl halides is 2. The number of hydrogen-bond acceptors (Lipinski definition) is 2. The van der Waals surface area contributed by atoms with E-state index in [0.717, 1.165) is 30.6 Å². The molecule has 0 amide bonds. The van der Waals surface area contributed by atoms with Crippen molar-refractivity contribution in [1.29, 1.82) is 0 Å². The van der Waals surface area contributed by atoms with Crippen LogP contribution in [0.1, 0.15) is 25.0 Å². The molecule has 0 aliphatic carbocycles. The molecule has 1 aromatic carbocycles. The quantitative estimate of drug-likeness (QED) is 0.696. The van der Waals surface area contributed by atoms with Gasteiger partial charge in [0.1, 0.15) is 6.61 Å². The maximum Gasteiger partial charge on any atom is 0.261 e. The molecule has 1 rings (SSSR count). The predicted molar refractivity (Wildman–Crippen MR) is 73.5 cm³/mol. The third-order valence-electron chi connectivity index (χ3n) is 2.74. The smallest absolute Gasteiger partial charge is 0.261 e. The fourth-order valence-electron chi connectivity index (χ4n) is 1.81. The van der Waals surface area contributed by atoms with Gasteiger partial charge in [0.05, 0.1) is 6.61 Å². The number of ether oxygens (including phenoxy) is 1.